The van der Waals surface area contributed by atoms with E-state index in [1.54, 1.807) is 12.1 Å². The van der Waals surface area contributed by atoms with Crippen LogP contribution in [-0.2, 0) is 4.74 Å². The highest BCUT2D eigenvalue weighted by molar-refractivity contribution is 5.19. The fourth-order valence-electron chi connectivity index (χ4n) is 1.95. The maximum atomic E-state index is 12.7. The molecule has 15 heavy (non-hydrogen) atoms. The monoisotopic (exact) mass is 210 g/mol. The maximum Gasteiger partial charge on any atom is 0.123 e. The molecule has 0 aliphatic carbocycles. The lowest BCUT2D eigenvalue weighted by molar-refractivity contribution is -0.00998. The Morgan fingerprint density at radius 3 is 2.67 bits per heavy atom. The van der Waals surface area contributed by atoms with E-state index in [4.69, 9.17) is 4.74 Å². The van der Waals surface area contributed by atoms with Gasteiger partial charge in [-0.05, 0) is 30.5 Å². The third-order valence-electron chi connectivity index (χ3n) is 2.85. The summed E-state index contributed by atoms with van der Waals surface area (Å²) < 4.78 is 18.0. The van der Waals surface area contributed by atoms with E-state index in [9.17, 15) is 9.50 Å². The van der Waals surface area contributed by atoms with E-state index in [2.05, 4.69) is 0 Å². The standard InChI is InChI=1S/C12H15FO2/c13-11-5-3-9(4-6-11)12(14)10-2-1-7-15-8-10/h3-6,10,12,14H,1-2,7-8H2. The van der Waals surface area contributed by atoms with E-state index in [1.165, 1.54) is 12.1 Å². The topological polar surface area (TPSA) is 29.5 Å². The zero-order valence-electron chi connectivity index (χ0n) is 8.53. The normalized spacial score (nSPS) is 23.7. The molecule has 3 heteroatoms. The minimum atomic E-state index is -0.536. The van der Waals surface area contributed by atoms with Crippen LogP contribution < -0.4 is 0 Å². The van der Waals surface area contributed by atoms with Crippen molar-refractivity contribution in [3.63, 3.8) is 0 Å². The second-order valence-corrected chi connectivity index (χ2v) is 3.97. The molecule has 1 heterocycles. The molecule has 1 aromatic carbocycles. The summed E-state index contributed by atoms with van der Waals surface area (Å²) in [4.78, 5) is 0. The Balaban J connectivity index is 2.05. The zero-order chi connectivity index (χ0) is 10.7. The van der Waals surface area contributed by atoms with Gasteiger partial charge in [0.05, 0.1) is 12.7 Å². The number of aliphatic hydroxyl groups excluding tert-OH is 1. The molecule has 2 rings (SSSR count). The van der Waals surface area contributed by atoms with Gasteiger partial charge >= 0.3 is 0 Å². The minimum Gasteiger partial charge on any atom is -0.388 e. The molecular weight excluding hydrogens is 195 g/mol. The summed E-state index contributed by atoms with van der Waals surface area (Å²) in [6.45, 7) is 1.38. The summed E-state index contributed by atoms with van der Waals surface area (Å²) in [5.41, 5.74) is 0.770. The third-order valence-corrected chi connectivity index (χ3v) is 2.85. The van der Waals surface area contributed by atoms with Crippen molar-refractivity contribution >= 4 is 0 Å². The predicted molar refractivity (Wildman–Crippen MR) is 54.9 cm³/mol. The lowest BCUT2D eigenvalue weighted by Gasteiger charge is -2.26. The molecule has 2 unspecified atom stereocenters. The summed E-state index contributed by atoms with van der Waals surface area (Å²) in [6.07, 6.45) is 1.42. The largest absolute Gasteiger partial charge is 0.388 e. The van der Waals surface area contributed by atoms with E-state index in [0.29, 0.717) is 6.61 Å². The van der Waals surface area contributed by atoms with Crippen LogP contribution in [0.1, 0.15) is 24.5 Å². The van der Waals surface area contributed by atoms with E-state index >= 15 is 0 Å². The maximum absolute atomic E-state index is 12.7. The van der Waals surface area contributed by atoms with Gasteiger partial charge in [0.1, 0.15) is 5.82 Å². The van der Waals surface area contributed by atoms with Gasteiger partial charge in [0.15, 0.2) is 0 Å². The molecule has 0 amide bonds. The summed E-state index contributed by atoms with van der Waals surface area (Å²) in [5.74, 6) is -0.130. The molecule has 1 aliphatic rings. The van der Waals surface area contributed by atoms with Crippen molar-refractivity contribution in [2.75, 3.05) is 13.2 Å². The van der Waals surface area contributed by atoms with Gasteiger partial charge in [-0.3, -0.25) is 0 Å². The van der Waals surface area contributed by atoms with Crippen molar-refractivity contribution in [2.24, 2.45) is 5.92 Å². The summed E-state index contributed by atoms with van der Waals surface area (Å²) in [6, 6.07) is 6.02. The van der Waals surface area contributed by atoms with E-state index in [1.807, 2.05) is 0 Å². The first-order chi connectivity index (χ1) is 7.27. The Bertz CT molecular complexity index is 304. The number of hydrogen-bond acceptors (Lipinski definition) is 2. The molecule has 0 aromatic heterocycles. The number of ether oxygens (including phenoxy) is 1. The Hall–Kier alpha value is -0.930. The highest BCUT2D eigenvalue weighted by Gasteiger charge is 2.23. The Kier molecular flexibility index (Phi) is 3.34. The van der Waals surface area contributed by atoms with Crippen molar-refractivity contribution in [1.29, 1.82) is 0 Å². The van der Waals surface area contributed by atoms with Crippen molar-refractivity contribution in [1.82, 2.24) is 0 Å². The van der Waals surface area contributed by atoms with Gasteiger partial charge in [0.2, 0.25) is 0 Å². The lowest BCUT2D eigenvalue weighted by atomic mass is 9.91. The molecule has 1 fully saturated rings. The Morgan fingerprint density at radius 2 is 2.07 bits per heavy atom. The van der Waals surface area contributed by atoms with Gasteiger partial charge in [-0.25, -0.2) is 4.39 Å². The first kappa shape index (κ1) is 10.6. The van der Waals surface area contributed by atoms with Crippen LogP contribution in [0, 0.1) is 11.7 Å². The molecule has 0 bridgehead atoms. The van der Waals surface area contributed by atoms with Crippen molar-refractivity contribution in [3.05, 3.63) is 35.6 Å². The van der Waals surface area contributed by atoms with Crippen LogP contribution in [-0.4, -0.2) is 18.3 Å². The van der Waals surface area contributed by atoms with Crippen LogP contribution in [0.25, 0.3) is 0 Å². The van der Waals surface area contributed by atoms with Crippen LogP contribution in [0.5, 0.6) is 0 Å². The van der Waals surface area contributed by atoms with Crippen molar-refractivity contribution < 1.29 is 14.2 Å². The second-order valence-electron chi connectivity index (χ2n) is 3.97. The van der Waals surface area contributed by atoms with Crippen LogP contribution in [0.2, 0.25) is 0 Å². The fourth-order valence-corrected chi connectivity index (χ4v) is 1.95. The number of benzene rings is 1. The van der Waals surface area contributed by atoms with Crippen molar-refractivity contribution in [3.8, 4) is 0 Å². The first-order valence-corrected chi connectivity index (χ1v) is 5.28. The first-order valence-electron chi connectivity index (χ1n) is 5.28. The molecule has 0 saturated carbocycles. The molecule has 1 N–H and O–H groups in total. The number of rotatable bonds is 2. The highest BCUT2D eigenvalue weighted by Crippen LogP contribution is 2.28. The van der Waals surface area contributed by atoms with E-state index in [0.717, 1.165) is 25.0 Å². The molecule has 1 aliphatic heterocycles. The molecule has 1 saturated heterocycles. The molecule has 0 radical (unpaired) electrons. The van der Waals surface area contributed by atoms with E-state index < -0.39 is 6.10 Å². The van der Waals surface area contributed by atoms with Gasteiger partial charge < -0.3 is 9.84 Å². The quantitative estimate of drug-likeness (QED) is 0.811. The molecular formula is C12H15FO2. The average molecular weight is 210 g/mol. The smallest absolute Gasteiger partial charge is 0.123 e. The molecule has 2 nitrogen and oxygen atoms in total. The molecule has 0 spiro atoms. The zero-order valence-corrected chi connectivity index (χ0v) is 8.53. The van der Waals surface area contributed by atoms with Gasteiger partial charge in [0.25, 0.3) is 0 Å². The van der Waals surface area contributed by atoms with Crippen LogP contribution >= 0.6 is 0 Å². The molecule has 1 aromatic rings. The summed E-state index contributed by atoms with van der Waals surface area (Å²) >= 11 is 0. The number of halogens is 1. The molecule has 82 valence electrons. The Morgan fingerprint density at radius 1 is 1.33 bits per heavy atom. The van der Waals surface area contributed by atoms with Gasteiger partial charge in [0, 0.05) is 12.5 Å². The van der Waals surface area contributed by atoms with Crippen LogP contribution in [0.3, 0.4) is 0 Å². The molecule has 2 atom stereocenters. The number of aliphatic hydroxyl groups is 1. The predicted octanol–water partition coefficient (Wildman–Crippen LogP) is 2.29. The van der Waals surface area contributed by atoms with Gasteiger partial charge in [-0.15, -0.1) is 0 Å². The number of hydrogen-bond donors (Lipinski definition) is 1. The average Bonchev–Trinajstić information content (AvgIpc) is 2.30. The highest BCUT2D eigenvalue weighted by atomic mass is 19.1. The van der Waals surface area contributed by atoms with Crippen LogP contribution in [0.4, 0.5) is 4.39 Å². The van der Waals surface area contributed by atoms with Crippen molar-refractivity contribution in [2.45, 2.75) is 18.9 Å². The van der Waals surface area contributed by atoms with Gasteiger partial charge in [-0.1, -0.05) is 12.1 Å². The minimum absolute atomic E-state index is 0.143. The summed E-state index contributed by atoms with van der Waals surface area (Å²) in [7, 11) is 0. The SMILES string of the molecule is OC(c1ccc(F)cc1)C1CCCOC1. The fraction of sp³-hybridized carbons (Fsp3) is 0.500. The summed E-state index contributed by atoms with van der Waals surface area (Å²) in [5, 5.41) is 10.0. The van der Waals surface area contributed by atoms with Gasteiger partial charge in [-0.2, -0.15) is 0 Å². The Labute approximate surface area is 88.7 Å². The second kappa shape index (κ2) is 4.73. The third kappa shape index (κ3) is 2.55. The van der Waals surface area contributed by atoms with E-state index in [-0.39, 0.29) is 11.7 Å². The van der Waals surface area contributed by atoms with Crippen LogP contribution in [0.15, 0.2) is 24.3 Å². The lowest BCUT2D eigenvalue weighted by Crippen LogP contribution is -2.23.